The Labute approximate surface area is 889 Å². The normalized spacial score (nSPS) is 11.9. The molecule has 0 aliphatic carbocycles. The summed E-state index contributed by atoms with van der Waals surface area (Å²) in [5, 5.41) is 20.9. The molecule has 148 heavy (non-hydrogen) atoms. The largest absolute Gasteiger partial charge is 0.858 e. The average molecular weight is 2110 g/mol. The fraction of sp³-hybridized carbons (Fsp3) is 0.308. The molecule has 3 atom stereocenters. The Morgan fingerprint density at radius 2 is 0.743 bits per heavy atom. The van der Waals surface area contributed by atoms with Crippen LogP contribution in [0.25, 0.3) is 22.7 Å². The van der Waals surface area contributed by atoms with Crippen molar-refractivity contribution in [3.63, 3.8) is 0 Å². The molecule has 0 radical (unpaired) electrons. The third-order valence-electron chi connectivity index (χ3n) is 23.1. The van der Waals surface area contributed by atoms with Crippen LogP contribution in [0.4, 0.5) is 0 Å². The number of quaternary nitrogens is 1. The lowest BCUT2D eigenvalue weighted by Crippen LogP contribution is -3.06. The molecule has 0 spiro atoms. The first kappa shape index (κ1) is 118. The molecule has 0 fully saturated rings. The van der Waals surface area contributed by atoms with E-state index >= 15 is 0 Å². The molecule has 2 aliphatic heterocycles. The molecule has 2 N–H and O–H groups in total. The number of halogens is 3. The summed E-state index contributed by atoms with van der Waals surface area (Å²) in [6.45, 7) is 11.5. The molecule has 31 heteroatoms. The van der Waals surface area contributed by atoms with Gasteiger partial charge in [0.1, 0.15) is 54.9 Å². The fourth-order valence-corrected chi connectivity index (χ4v) is 15.5. The van der Waals surface area contributed by atoms with Crippen molar-refractivity contribution in [2.75, 3.05) is 163 Å². The van der Waals surface area contributed by atoms with Gasteiger partial charge in [-0.1, -0.05) is 307 Å². The number of aromatic nitrogens is 10. The van der Waals surface area contributed by atoms with Gasteiger partial charge in [-0.3, -0.25) is 33.3 Å². The third-order valence-corrected chi connectivity index (χ3v) is 24.1. The van der Waals surface area contributed by atoms with Crippen molar-refractivity contribution in [3.8, 4) is 17.4 Å². The number of nitrogens with zero attached hydrogens (tertiary/aromatic N) is 15. The number of aryl methyl sites for hydroxylation is 1. The summed E-state index contributed by atoms with van der Waals surface area (Å²) in [7, 11) is 30.5. The van der Waals surface area contributed by atoms with E-state index in [1.165, 1.54) is 97.6 Å². The number of fused-ring (bicyclic) bond motifs is 2. The number of benzene rings is 10. The van der Waals surface area contributed by atoms with Gasteiger partial charge in [0.15, 0.2) is 17.0 Å². The fourth-order valence-electron chi connectivity index (χ4n) is 14.9. The van der Waals surface area contributed by atoms with Crippen LogP contribution in [-0.4, -0.2) is 247 Å². The van der Waals surface area contributed by atoms with Crippen molar-refractivity contribution < 1.29 is 48.3 Å². The second-order valence-electron chi connectivity index (χ2n) is 36.4. The quantitative estimate of drug-likeness (QED) is 0.0340. The van der Waals surface area contributed by atoms with Gasteiger partial charge in [-0.25, -0.2) is 19.6 Å². The van der Waals surface area contributed by atoms with Crippen LogP contribution >= 0.6 is 39.1 Å². The minimum atomic E-state index is -1.08. The number of aliphatic carboxylic acids is 1. The molecule has 3 unspecified atom stereocenters. The zero-order chi connectivity index (χ0) is 107. The number of carbonyl (C=O) groups is 1. The summed E-state index contributed by atoms with van der Waals surface area (Å²) in [5.74, 6) is -1.36. The Kier molecular flexibility index (Phi) is 50.3. The predicted octanol–water partition coefficient (Wildman–Crippen LogP) is 17.0. The van der Waals surface area contributed by atoms with Crippen LogP contribution in [0, 0.1) is 0 Å². The van der Waals surface area contributed by atoms with Crippen molar-refractivity contribution in [1.82, 2.24) is 72.3 Å². The van der Waals surface area contributed by atoms with Gasteiger partial charge in [0, 0.05) is 82.8 Å². The monoisotopic (exact) mass is 2110 g/mol. The highest BCUT2D eigenvalue weighted by atomic mass is 79.9. The Bertz CT molecular complexity index is 6120. The van der Waals surface area contributed by atoms with E-state index in [2.05, 4.69) is 335 Å². The topological polar surface area (TPSA) is 277 Å². The maximum atomic E-state index is 11.9. The van der Waals surface area contributed by atoms with E-state index in [4.69, 9.17) is 56.7 Å². The van der Waals surface area contributed by atoms with Crippen molar-refractivity contribution in [2.45, 2.75) is 49.6 Å². The molecule has 0 saturated heterocycles. The maximum absolute atomic E-state index is 11.9. The summed E-state index contributed by atoms with van der Waals surface area (Å²) in [6.07, 6.45) is 4.73. The van der Waals surface area contributed by atoms with Crippen molar-refractivity contribution >= 4 is 56.3 Å². The molecular formula is C117H141BrCl2N16O12. The lowest BCUT2D eigenvalue weighted by Gasteiger charge is -2.30. The van der Waals surface area contributed by atoms with Crippen LogP contribution in [0.15, 0.2) is 365 Å². The van der Waals surface area contributed by atoms with E-state index in [0.29, 0.717) is 19.8 Å². The van der Waals surface area contributed by atoms with Crippen LogP contribution in [0.3, 0.4) is 0 Å². The lowest BCUT2D eigenvalue weighted by molar-refractivity contribution is -0.858. The molecule has 2 aliphatic rings. The SMILES string of the molecule is CN(C)CCOC(C)(c1ccccc1)c1ccccn1.CN(C)CCOC(c1ccc(Cl)cc1)c1ccccn1.CN(C)CCOC(c1ccccc1)c1ccc(Br)cc1.CN(C)CCOC(c1ccccc1)c1ccccc1.CN(C)CCOC(c1ccccc1)c1ccccc1.C[NH+](C)CCOC(c1ccccc1)c1ccccc1.Cn1c(=O)c2c(ncn2CC(=O)O)n(C)c1=O.Cn1c2nc(Cl)nc-2c([O-])n(C)c1=O. The van der Waals surface area contributed by atoms with Gasteiger partial charge in [-0.2, -0.15) is 4.98 Å². The Morgan fingerprint density at radius 3 is 1.11 bits per heavy atom. The highest BCUT2D eigenvalue weighted by Gasteiger charge is 2.32. The first-order valence-electron chi connectivity index (χ1n) is 48.8. The van der Waals surface area contributed by atoms with Crippen LogP contribution < -0.4 is 26.9 Å². The summed E-state index contributed by atoms with van der Waals surface area (Å²) in [4.78, 5) is 77.8. The Hall–Kier alpha value is -13.2. The van der Waals surface area contributed by atoms with Crippen molar-refractivity contribution in [1.29, 1.82) is 0 Å². The number of pyridine rings is 2. The van der Waals surface area contributed by atoms with Gasteiger partial charge >= 0.3 is 17.3 Å². The van der Waals surface area contributed by atoms with Crippen LogP contribution in [0.2, 0.25) is 10.3 Å². The van der Waals surface area contributed by atoms with Gasteiger partial charge in [0.25, 0.3) is 5.56 Å². The minimum absolute atomic E-state index is 0.00995. The number of carboxylic acids is 1. The van der Waals surface area contributed by atoms with Gasteiger partial charge in [-0.05, 0) is 199 Å². The molecule has 16 rings (SSSR count). The summed E-state index contributed by atoms with van der Waals surface area (Å²) in [5.41, 5.74) is 12.0. The maximum Gasteiger partial charge on any atom is 0.332 e. The van der Waals surface area contributed by atoms with Crippen LogP contribution in [0.1, 0.15) is 104 Å². The molecule has 28 nitrogen and oxygen atoms in total. The van der Waals surface area contributed by atoms with Crippen molar-refractivity contribution in [2.24, 2.45) is 28.2 Å². The standard InChI is InChI=1S/C17H20BrNO.C17H22N2O.3C17H21NO.C16H19ClN2O.C9H10N4O4.C7H7ClN4O2/c1-19(2)12-13-20-17(14-6-4-3-5-7-14)15-8-10-16(18)11-9-15;1-17(20-14-13-19(2)3,15-9-5-4-6-10-15)16-11-7-8-12-18-16;3*1-18(2)13-14-19-17(15-9-5-3-6-10-15)16-11-7-4-8-12-16;1-19(2)11-12-20-16(15-5-3-4-10-18-15)13-6-8-14(17)9-7-13;1-11-7-6(8(16)12(2)9(11)17)13(4-10-7)3-5(14)15;1-11-4-3(9-6(8)10-4)5(13)12(2)7(11)14/h3-11,17H,12-13H2,1-2H3;4-12H,13-14H2,1-3H3;3*3-12,17H,13-14H2,1-2H3;3-10,16H,11-12H2,1-2H3;4H,3H2,1-2H3,(H,14,15);13H,1-2H3. The van der Waals surface area contributed by atoms with Crippen molar-refractivity contribution in [3.05, 3.63) is 459 Å². The number of imidazole rings is 2. The molecular weight excluding hydrogens is 1970 g/mol. The average Bonchev–Trinajstić information content (AvgIpc) is 1.60. The van der Waals surface area contributed by atoms with E-state index in [9.17, 15) is 24.3 Å². The predicted molar refractivity (Wildman–Crippen MR) is 593 cm³/mol. The third kappa shape index (κ3) is 38.5. The van der Waals surface area contributed by atoms with E-state index in [-0.39, 0.29) is 65.0 Å². The first-order chi connectivity index (χ1) is 71.2. The van der Waals surface area contributed by atoms with Gasteiger partial charge in [0.2, 0.25) is 5.28 Å². The molecule has 6 heterocycles. The number of hydrogen-bond acceptors (Lipinski definition) is 21. The second-order valence-corrected chi connectivity index (χ2v) is 38.1. The molecule has 0 bridgehead atoms. The zero-order valence-electron chi connectivity index (χ0n) is 87.8. The number of rotatable bonds is 38. The van der Waals surface area contributed by atoms with Crippen LogP contribution in [-0.2, 0) is 73.6 Å². The Balaban J connectivity index is 0.000000188. The number of carboxylic acid groups (broad SMARTS) is 1. The second kappa shape index (κ2) is 62.9. The summed E-state index contributed by atoms with van der Waals surface area (Å²) in [6, 6.07) is 111. The molecule has 14 aromatic rings. The highest BCUT2D eigenvalue weighted by molar-refractivity contribution is 9.10. The number of hydrogen-bond donors (Lipinski definition) is 2. The van der Waals surface area contributed by atoms with Gasteiger partial charge < -0.3 is 77.2 Å². The first-order valence-corrected chi connectivity index (χ1v) is 50.3. The molecule has 10 aromatic carbocycles. The summed E-state index contributed by atoms with van der Waals surface area (Å²) >= 11 is 15.0. The number of nitrogens with one attached hydrogen (secondary N) is 1. The van der Waals surface area contributed by atoms with E-state index in [1.807, 2.05) is 156 Å². The molecule has 782 valence electrons. The van der Waals surface area contributed by atoms with Crippen LogP contribution in [0.5, 0.6) is 5.88 Å². The number of ether oxygens (including phenoxy) is 6. The summed E-state index contributed by atoms with van der Waals surface area (Å²) < 4.78 is 43.2. The van der Waals surface area contributed by atoms with Gasteiger partial charge in [-0.15, -0.1) is 0 Å². The molecule has 0 amide bonds. The van der Waals surface area contributed by atoms with Gasteiger partial charge in [0.05, 0.1) is 71.5 Å². The lowest BCUT2D eigenvalue weighted by atomic mass is 9.91. The zero-order valence-corrected chi connectivity index (χ0v) is 90.9. The highest BCUT2D eigenvalue weighted by Crippen LogP contribution is 2.35. The Morgan fingerprint density at radius 1 is 0.405 bits per heavy atom. The molecule has 4 aromatic heterocycles. The van der Waals surface area contributed by atoms with E-state index in [0.717, 1.165) is 100 Å². The number of likely N-dealkylation sites (N-methyl/N-ethyl adjacent to an activating group) is 6. The van der Waals surface area contributed by atoms with E-state index < -0.39 is 34.4 Å². The minimum Gasteiger partial charge on any atom is -0.858 e. The molecule has 0 saturated carbocycles. The van der Waals surface area contributed by atoms with E-state index in [1.54, 1.807) is 6.20 Å². The smallest absolute Gasteiger partial charge is 0.332 e.